The van der Waals surface area contributed by atoms with Crippen LogP contribution in [0.3, 0.4) is 0 Å². The summed E-state index contributed by atoms with van der Waals surface area (Å²) < 4.78 is 5.27. The Morgan fingerprint density at radius 1 is 1.42 bits per heavy atom. The molecule has 1 unspecified atom stereocenters. The van der Waals surface area contributed by atoms with Crippen molar-refractivity contribution in [2.75, 3.05) is 26.7 Å². The second kappa shape index (κ2) is 11.7. The smallest absolute Gasteiger partial charge is 0.191 e. The molecule has 1 fully saturated rings. The van der Waals surface area contributed by atoms with Crippen molar-refractivity contribution in [2.24, 2.45) is 4.99 Å². The van der Waals surface area contributed by atoms with Crippen molar-refractivity contribution in [2.45, 2.75) is 58.5 Å². The minimum absolute atomic E-state index is 0. The van der Waals surface area contributed by atoms with E-state index >= 15 is 0 Å². The molecule has 1 saturated heterocycles. The molecule has 2 rings (SSSR count). The number of piperidine rings is 1. The van der Waals surface area contributed by atoms with Crippen LogP contribution in [0.2, 0.25) is 0 Å². The fourth-order valence-electron chi connectivity index (χ4n) is 2.98. The van der Waals surface area contributed by atoms with Gasteiger partial charge in [0.2, 0.25) is 0 Å². The number of rotatable bonds is 7. The van der Waals surface area contributed by atoms with Gasteiger partial charge in [0.1, 0.15) is 0 Å². The Kier molecular flexibility index (Phi) is 10.3. The number of guanidine groups is 1. The lowest BCUT2D eigenvalue weighted by Crippen LogP contribution is -2.41. The summed E-state index contributed by atoms with van der Waals surface area (Å²) in [6, 6.07) is 2.72. The van der Waals surface area contributed by atoms with Gasteiger partial charge in [0, 0.05) is 32.2 Å². The Hall–Kier alpha value is -0.830. The molecule has 0 aliphatic carbocycles. The van der Waals surface area contributed by atoms with E-state index in [-0.39, 0.29) is 24.0 Å². The fourth-order valence-corrected chi connectivity index (χ4v) is 2.98. The number of aromatic nitrogens is 1. The van der Waals surface area contributed by atoms with Gasteiger partial charge in [-0.1, -0.05) is 18.5 Å². The van der Waals surface area contributed by atoms with Crippen molar-refractivity contribution < 1.29 is 4.52 Å². The molecule has 1 aromatic heterocycles. The Balaban J connectivity index is 0.00000288. The highest BCUT2D eigenvalue weighted by Crippen LogP contribution is 2.16. The van der Waals surface area contributed by atoms with Crippen LogP contribution in [-0.2, 0) is 13.0 Å². The Labute approximate surface area is 162 Å². The average Bonchev–Trinajstić information content (AvgIpc) is 3.04. The Morgan fingerprint density at radius 3 is 2.92 bits per heavy atom. The molecule has 0 amide bonds. The normalized spacial score (nSPS) is 19.0. The molecule has 1 atom stereocenters. The van der Waals surface area contributed by atoms with Gasteiger partial charge in [-0.15, -0.1) is 24.0 Å². The molecule has 1 aliphatic heterocycles. The summed E-state index contributed by atoms with van der Waals surface area (Å²) in [7, 11) is 1.79. The number of aliphatic imine (C=N–C) groups is 1. The first-order valence-corrected chi connectivity index (χ1v) is 8.86. The minimum atomic E-state index is 0. The van der Waals surface area contributed by atoms with Gasteiger partial charge in [-0.25, -0.2) is 0 Å². The molecule has 1 aromatic rings. The van der Waals surface area contributed by atoms with Crippen LogP contribution in [0.25, 0.3) is 0 Å². The summed E-state index contributed by atoms with van der Waals surface area (Å²) in [6.07, 6.45) is 6.10. The monoisotopic (exact) mass is 449 g/mol. The van der Waals surface area contributed by atoms with Crippen LogP contribution in [-0.4, -0.2) is 48.7 Å². The van der Waals surface area contributed by atoms with Gasteiger partial charge in [-0.3, -0.25) is 4.99 Å². The molecular weight excluding hydrogens is 417 g/mol. The van der Waals surface area contributed by atoms with Gasteiger partial charge in [0.15, 0.2) is 11.7 Å². The summed E-state index contributed by atoms with van der Waals surface area (Å²) in [5.41, 5.74) is 0.986. The minimum Gasteiger partial charge on any atom is -0.359 e. The van der Waals surface area contributed by atoms with Gasteiger partial charge >= 0.3 is 0 Å². The average molecular weight is 449 g/mol. The van der Waals surface area contributed by atoms with E-state index in [9.17, 15) is 0 Å². The third-order valence-electron chi connectivity index (χ3n) is 4.48. The molecule has 138 valence electrons. The van der Waals surface area contributed by atoms with Gasteiger partial charge in [0.05, 0.1) is 12.2 Å². The predicted octanol–water partition coefficient (Wildman–Crippen LogP) is 2.78. The van der Waals surface area contributed by atoms with Crippen LogP contribution in [0.1, 0.15) is 51.0 Å². The summed E-state index contributed by atoms with van der Waals surface area (Å²) in [4.78, 5) is 6.85. The zero-order valence-corrected chi connectivity index (χ0v) is 17.5. The Bertz CT molecular complexity index is 491. The Morgan fingerprint density at radius 2 is 2.25 bits per heavy atom. The number of halogens is 1. The van der Waals surface area contributed by atoms with Crippen LogP contribution >= 0.6 is 24.0 Å². The van der Waals surface area contributed by atoms with Crippen molar-refractivity contribution in [3.8, 4) is 0 Å². The molecule has 0 aromatic carbocycles. The van der Waals surface area contributed by atoms with Crippen molar-refractivity contribution in [1.82, 2.24) is 20.7 Å². The molecule has 0 bridgehead atoms. The SMILES string of the molecule is CCc1cc(CNC(=NC)NCCCN2CCCCC2C)on1.I. The molecule has 1 aliphatic rings. The van der Waals surface area contributed by atoms with Crippen molar-refractivity contribution in [3.05, 3.63) is 17.5 Å². The maximum atomic E-state index is 5.27. The van der Waals surface area contributed by atoms with E-state index in [1.807, 2.05) is 6.07 Å². The molecule has 0 saturated carbocycles. The summed E-state index contributed by atoms with van der Waals surface area (Å²) in [5, 5.41) is 10.6. The zero-order valence-electron chi connectivity index (χ0n) is 15.2. The number of nitrogens with zero attached hydrogens (tertiary/aromatic N) is 3. The van der Waals surface area contributed by atoms with Gasteiger partial charge < -0.3 is 20.1 Å². The number of nitrogens with one attached hydrogen (secondary N) is 2. The number of hydrogen-bond donors (Lipinski definition) is 2. The van der Waals surface area contributed by atoms with Crippen LogP contribution in [0.4, 0.5) is 0 Å². The third kappa shape index (κ3) is 6.96. The van der Waals surface area contributed by atoms with E-state index < -0.39 is 0 Å². The first-order chi connectivity index (χ1) is 11.2. The number of hydrogen-bond acceptors (Lipinski definition) is 4. The van der Waals surface area contributed by atoms with Crippen molar-refractivity contribution >= 4 is 29.9 Å². The van der Waals surface area contributed by atoms with Crippen LogP contribution in [0.5, 0.6) is 0 Å². The van der Waals surface area contributed by atoms with E-state index in [0.717, 1.165) is 49.4 Å². The van der Waals surface area contributed by atoms with Crippen molar-refractivity contribution in [1.29, 1.82) is 0 Å². The van der Waals surface area contributed by atoms with E-state index in [2.05, 4.69) is 39.5 Å². The lowest BCUT2D eigenvalue weighted by molar-refractivity contribution is 0.159. The summed E-state index contributed by atoms with van der Waals surface area (Å²) in [6.45, 7) is 8.36. The highest BCUT2D eigenvalue weighted by atomic mass is 127. The van der Waals surface area contributed by atoms with E-state index in [4.69, 9.17) is 4.52 Å². The highest BCUT2D eigenvalue weighted by molar-refractivity contribution is 14.0. The van der Waals surface area contributed by atoms with Gasteiger partial charge in [-0.05, 0) is 39.2 Å². The van der Waals surface area contributed by atoms with Crippen molar-refractivity contribution in [3.63, 3.8) is 0 Å². The second-order valence-corrected chi connectivity index (χ2v) is 6.22. The molecule has 0 radical (unpaired) electrons. The predicted molar refractivity (Wildman–Crippen MR) is 109 cm³/mol. The first kappa shape index (κ1) is 21.2. The number of likely N-dealkylation sites (tertiary alicyclic amines) is 1. The lowest BCUT2D eigenvalue weighted by Gasteiger charge is -2.33. The van der Waals surface area contributed by atoms with Crippen LogP contribution < -0.4 is 10.6 Å². The van der Waals surface area contributed by atoms with E-state index in [0.29, 0.717) is 6.54 Å². The highest BCUT2D eigenvalue weighted by Gasteiger charge is 2.17. The topological polar surface area (TPSA) is 65.7 Å². The first-order valence-electron chi connectivity index (χ1n) is 8.86. The largest absolute Gasteiger partial charge is 0.359 e. The molecule has 0 spiro atoms. The van der Waals surface area contributed by atoms with E-state index in [1.54, 1.807) is 7.05 Å². The molecule has 24 heavy (non-hydrogen) atoms. The third-order valence-corrected chi connectivity index (χ3v) is 4.48. The molecule has 6 nitrogen and oxygen atoms in total. The molecule has 2 N–H and O–H groups in total. The summed E-state index contributed by atoms with van der Waals surface area (Å²) >= 11 is 0. The van der Waals surface area contributed by atoms with Gasteiger partial charge in [-0.2, -0.15) is 0 Å². The maximum absolute atomic E-state index is 5.27. The van der Waals surface area contributed by atoms with Crippen LogP contribution in [0, 0.1) is 0 Å². The quantitative estimate of drug-likeness (QED) is 0.290. The maximum Gasteiger partial charge on any atom is 0.191 e. The van der Waals surface area contributed by atoms with Gasteiger partial charge in [0.25, 0.3) is 0 Å². The second-order valence-electron chi connectivity index (χ2n) is 6.22. The molecule has 2 heterocycles. The number of aryl methyl sites for hydroxylation is 1. The van der Waals surface area contributed by atoms with E-state index in [1.165, 1.54) is 25.8 Å². The fraction of sp³-hybridized carbons (Fsp3) is 0.765. The molecular formula is C17H32IN5O. The standard InChI is InChI=1S/C17H31N5O.HI/c1-4-15-12-16(23-21-15)13-20-17(18-3)19-9-7-11-22-10-6-5-8-14(22)2;/h12,14H,4-11,13H2,1-3H3,(H2,18,19,20);1H. The summed E-state index contributed by atoms with van der Waals surface area (Å²) in [5.74, 6) is 1.65. The lowest BCUT2D eigenvalue weighted by atomic mass is 10.0. The zero-order chi connectivity index (χ0) is 16.5. The van der Waals surface area contributed by atoms with Crippen LogP contribution in [0.15, 0.2) is 15.6 Å². The molecule has 7 heteroatoms.